The Balaban J connectivity index is 2.59. The molecule has 0 fully saturated rings. The quantitative estimate of drug-likeness (QED) is 0.527. The first-order valence-corrected chi connectivity index (χ1v) is 8.48. The van der Waals surface area contributed by atoms with E-state index in [9.17, 15) is 9.90 Å². The van der Waals surface area contributed by atoms with Crippen molar-refractivity contribution in [3.05, 3.63) is 34.9 Å². The zero-order valence-corrected chi connectivity index (χ0v) is 14.8. The van der Waals surface area contributed by atoms with Gasteiger partial charge in [0.15, 0.2) is 0 Å². The van der Waals surface area contributed by atoms with E-state index < -0.39 is 6.10 Å². The Bertz CT molecular complexity index is 482. The summed E-state index contributed by atoms with van der Waals surface area (Å²) in [5.41, 5.74) is 3.64. The van der Waals surface area contributed by atoms with E-state index in [1.165, 1.54) is 11.1 Å². The fourth-order valence-electron chi connectivity index (χ4n) is 2.54. The van der Waals surface area contributed by atoms with Gasteiger partial charge >= 0.3 is 5.97 Å². The zero-order valence-electron chi connectivity index (χ0n) is 14.8. The maximum Gasteiger partial charge on any atom is 0.305 e. The number of carbonyl (C=O) groups is 1. The molecule has 0 heterocycles. The van der Waals surface area contributed by atoms with Crippen molar-refractivity contribution >= 4 is 5.97 Å². The van der Waals surface area contributed by atoms with Gasteiger partial charge < -0.3 is 14.6 Å². The number of rotatable bonds is 10. The van der Waals surface area contributed by atoms with Crippen LogP contribution in [-0.4, -0.2) is 30.4 Å². The van der Waals surface area contributed by atoms with Gasteiger partial charge in [0.25, 0.3) is 0 Å². The molecule has 1 aromatic rings. The molecule has 4 nitrogen and oxygen atoms in total. The van der Waals surface area contributed by atoms with Crippen LogP contribution in [0.1, 0.15) is 62.8 Å². The average molecular weight is 322 g/mol. The normalized spacial score (nSPS) is 13.6. The van der Waals surface area contributed by atoms with Crippen LogP contribution in [0.3, 0.4) is 0 Å². The van der Waals surface area contributed by atoms with E-state index in [2.05, 4.69) is 25.1 Å². The van der Waals surface area contributed by atoms with Crippen LogP contribution >= 0.6 is 0 Å². The molecule has 0 radical (unpaired) electrons. The summed E-state index contributed by atoms with van der Waals surface area (Å²) in [6.07, 6.45) is 2.65. The van der Waals surface area contributed by atoms with Gasteiger partial charge in [-0.05, 0) is 58.1 Å². The lowest BCUT2D eigenvalue weighted by molar-refractivity contribution is -0.143. The van der Waals surface area contributed by atoms with Crippen LogP contribution in [-0.2, 0) is 20.7 Å². The third-order valence-corrected chi connectivity index (χ3v) is 3.71. The third-order valence-electron chi connectivity index (χ3n) is 3.71. The van der Waals surface area contributed by atoms with Crippen molar-refractivity contribution in [2.75, 3.05) is 13.2 Å². The van der Waals surface area contributed by atoms with Gasteiger partial charge in [-0.15, -0.1) is 0 Å². The van der Waals surface area contributed by atoms with Crippen molar-refractivity contribution in [3.8, 4) is 0 Å². The molecule has 0 amide bonds. The number of esters is 1. The molecule has 0 aromatic heterocycles. The van der Waals surface area contributed by atoms with Crippen LogP contribution in [0.4, 0.5) is 0 Å². The first-order chi connectivity index (χ1) is 10.9. The smallest absolute Gasteiger partial charge is 0.305 e. The topological polar surface area (TPSA) is 55.8 Å². The molecule has 1 rings (SSSR count). The molecule has 0 spiro atoms. The van der Waals surface area contributed by atoms with E-state index in [0.717, 1.165) is 24.8 Å². The molecule has 0 saturated heterocycles. The monoisotopic (exact) mass is 322 g/mol. The second-order valence-corrected chi connectivity index (χ2v) is 6.04. The van der Waals surface area contributed by atoms with Gasteiger partial charge in [-0.25, -0.2) is 0 Å². The summed E-state index contributed by atoms with van der Waals surface area (Å²) < 4.78 is 10.7. The SMILES string of the molecule is CCOC(=O)CCCCc1cc(C)ccc1[C@@H](C)OC[C@@H](C)O. The standard InChI is InChI=1S/C19H30O4/c1-5-22-19(21)9-7-6-8-17-12-14(2)10-11-18(17)16(4)23-13-15(3)20/h10-12,15-16,20H,5-9,13H2,1-4H3/t15-,16-/m1/s1. The Hall–Kier alpha value is -1.39. The molecule has 4 heteroatoms. The van der Waals surface area contributed by atoms with Crippen LogP contribution in [0, 0.1) is 6.92 Å². The second-order valence-electron chi connectivity index (χ2n) is 6.04. The van der Waals surface area contributed by atoms with Crippen LogP contribution in [0.15, 0.2) is 18.2 Å². The molecule has 0 aliphatic heterocycles. The average Bonchev–Trinajstić information content (AvgIpc) is 2.49. The van der Waals surface area contributed by atoms with Gasteiger partial charge in [0, 0.05) is 6.42 Å². The van der Waals surface area contributed by atoms with E-state index in [4.69, 9.17) is 9.47 Å². The largest absolute Gasteiger partial charge is 0.466 e. The van der Waals surface area contributed by atoms with E-state index in [1.54, 1.807) is 6.92 Å². The van der Waals surface area contributed by atoms with Crippen LogP contribution in [0.2, 0.25) is 0 Å². The zero-order chi connectivity index (χ0) is 17.2. The number of aliphatic hydroxyl groups excluding tert-OH is 1. The highest BCUT2D eigenvalue weighted by atomic mass is 16.5. The Kier molecular flexibility index (Phi) is 8.89. The molecule has 130 valence electrons. The number of aliphatic hydroxyl groups is 1. The Morgan fingerprint density at radius 2 is 2.00 bits per heavy atom. The second kappa shape index (κ2) is 10.4. The highest BCUT2D eigenvalue weighted by Crippen LogP contribution is 2.24. The van der Waals surface area contributed by atoms with Crippen LogP contribution in [0.25, 0.3) is 0 Å². The minimum atomic E-state index is -0.462. The maximum absolute atomic E-state index is 11.4. The van der Waals surface area contributed by atoms with Crippen LogP contribution in [0.5, 0.6) is 0 Å². The Morgan fingerprint density at radius 3 is 2.65 bits per heavy atom. The van der Waals surface area contributed by atoms with Crippen LogP contribution < -0.4 is 0 Å². The summed E-state index contributed by atoms with van der Waals surface area (Å²) in [6.45, 7) is 8.41. The predicted molar refractivity (Wildman–Crippen MR) is 91.4 cm³/mol. The van der Waals surface area contributed by atoms with Gasteiger partial charge in [0.05, 0.1) is 25.4 Å². The Labute approximate surface area is 139 Å². The fraction of sp³-hybridized carbons (Fsp3) is 0.632. The molecule has 0 unspecified atom stereocenters. The number of ether oxygens (including phenoxy) is 2. The lowest BCUT2D eigenvalue weighted by Crippen LogP contribution is -2.13. The number of unbranched alkanes of at least 4 members (excludes halogenated alkanes) is 1. The molecule has 1 aromatic carbocycles. The van der Waals surface area contributed by atoms with E-state index in [0.29, 0.717) is 19.6 Å². The molecule has 2 atom stereocenters. The lowest BCUT2D eigenvalue weighted by Gasteiger charge is -2.19. The highest BCUT2D eigenvalue weighted by molar-refractivity contribution is 5.69. The highest BCUT2D eigenvalue weighted by Gasteiger charge is 2.12. The van der Waals surface area contributed by atoms with Gasteiger partial charge in [-0.3, -0.25) is 4.79 Å². The van der Waals surface area contributed by atoms with Crippen molar-refractivity contribution < 1.29 is 19.4 Å². The molecule has 1 N–H and O–H groups in total. The molecular weight excluding hydrogens is 292 g/mol. The van der Waals surface area contributed by atoms with Crippen molar-refractivity contribution in [2.24, 2.45) is 0 Å². The van der Waals surface area contributed by atoms with E-state index >= 15 is 0 Å². The third kappa shape index (κ3) is 7.62. The van der Waals surface area contributed by atoms with Crippen molar-refractivity contribution in [2.45, 2.75) is 65.6 Å². The molecule has 0 bridgehead atoms. The minimum absolute atomic E-state index is 0.0507. The van der Waals surface area contributed by atoms with E-state index in [-0.39, 0.29) is 12.1 Å². The lowest BCUT2D eigenvalue weighted by atomic mass is 9.96. The van der Waals surface area contributed by atoms with E-state index in [1.807, 2.05) is 13.8 Å². The maximum atomic E-state index is 11.4. The molecule has 23 heavy (non-hydrogen) atoms. The number of carbonyl (C=O) groups excluding carboxylic acids is 1. The molecule has 0 aliphatic carbocycles. The number of hydrogen-bond acceptors (Lipinski definition) is 4. The van der Waals surface area contributed by atoms with Gasteiger partial charge in [0.2, 0.25) is 0 Å². The fourth-order valence-corrected chi connectivity index (χ4v) is 2.54. The van der Waals surface area contributed by atoms with Crippen molar-refractivity contribution in [1.82, 2.24) is 0 Å². The first-order valence-electron chi connectivity index (χ1n) is 8.48. The summed E-state index contributed by atoms with van der Waals surface area (Å²) in [5, 5.41) is 9.36. The summed E-state index contributed by atoms with van der Waals surface area (Å²) in [7, 11) is 0. The minimum Gasteiger partial charge on any atom is -0.466 e. The summed E-state index contributed by atoms with van der Waals surface area (Å²) >= 11 is 0. The number of aryl methyl sites for hydroxylation is 2. The summed E-state index contributed by atoms with van der Waals surface area (Å²) in [6, 6.07) is 6.37. The predicted octanol–water partition coefficient (Wildman–Crippen LogP) is 3.73. The van der Waals surface area contributed by atoms with Crippen molar-refractivity contribution in [1.29, 1.82) is 0 Å². The Morgan fingerprint density at radius 1 is 1.26 bits per heavy atom. The van der Waals surface area contributed by atoms with Crippen molar-refractivity contribution in [3.63, 3.8) is 0 Å². The molecular formula is C19H30O4. The molecule has 0 aliphatic rings. The first kappa shape index (κ1) is 19.7. The van der Waals surface area contributed by atoms with Gasteiger partial charge in [-0.1, -0.05) is 23.8 Å². The summed E-state index contributed by atoms with van der Waals surface area (Å²) in [4.78, 5) is 11.4. The number of hydrogen-bond donors (Lipinski definition) is 1. The summed E-state index contributed by atoms with van der Waals surface area (Å²) in [5.74, 6) is -0.120. The molecule has 0 saturated carbocycles. The van der Waals surface area contributed by atoms with Gasteiger partial charge in [0.1, 0.15) is 0 Å². The van der Waals surface area contributed by atoms with Gasteiger partial charge in [-0.2, -0.15) is 0 Å². The number of benzene rings is 1.